The van der Waals surface area contributed by atoms with Crippen molar-refractivity contribution in [3.63, 3.8) is 0 Å². The number of nitrogens with two attached hydrogens (primary N) is 1. The van der Waals surface area contributed by atoms with Gasteiger partial charge in [-0.15, -0.1) is 0 Å². The van der Waals surface area contributed by atoms with Gasteiger partial charge in [-0.2, -0.15) is 0 Å². The van der Waals surface area contributed by atoms with E-state index in [1.165, 1.54) is 32.1 Å². The van der Waals surface area contributed by atoms with E-state index in [9.17, 15) is 0 Å². The van der Waals surface area contributed by atoms with Crippen molar-refractivity contribution in [3.05, 3.63) is 0 Å². The normalized spacial score (nSPS) is 35.8. The van der Waals surface area contributed by atoms with Crippen molar-refractivity contribution in [2.45, 2.75) is 83.0 Å². The van der Waals surface area contributed by atoms with Crippen LogP contribution in [0.15, 0.2) is 0 Å². The SMILES string of the molecule is CC1(C)CC(NC2CCCC2CN)CC(C)(C)N1. The molecule has 2 atom stereocenters. The van der Waals surface area contributed by atoms with Crippen LogP contribution >= 0.6 is 0 Å². The average Bonchev–Trinajstić information content (AvgIpc) is 2.59. The Morgan fingerprint density at radius 1 is 1.11 bits per heavy atom. The summed E-state index contributed by atoms with van der Waals surface area (Å²) in [6.45, 7) is 10.1. The zero-order valence-corrected chi connectivity index (χ0v) is 12.6. The van der Waals surface area contributed by atoms with Gasteiger partial charge in [-0.1, -0.05) is 6.42 Å². The van der Waals surface area contributed by atoms with Crippen molar-refractivity contribution in [1.82, 2.24) is 10.6 Å². The maximum atomic E-state index is 5.88. The van der Waals surface area contributed by atoms with Crippen molar-refractivity contribution < 1.29 is 0 Å². The quantitative estimate of drug-likeness (QED) is 0.721. The van der Waals surface area contributed by atoms with Crippen LogP contribution < -0.4 is 16.4 Å². The van der Waals surface area contributed by atoms with Gasteiger partial charge in [0.1, 0.15) is 0 Å². The minimum Gasteiger partial charge on any atom is -0.330 e. The highest BCUT2D eigenvalue weighted by Crippen LogP contribution is 2.31. The fourth-order valence-electron chi connectivity index (χ4n) is 4.28. The van der Waals surface area contributed by atoms with E-state index in [4.69, 9.17) is 5.73 Å². The lowest BCUT2D eigenvalue weighted by Gasteiger charge is -2.47. The second-order valence-electron chi connectivity index (χ2n) is 7.70. The summed E-state index contributed by atoms with van der Waals surface area (Å²) in [6, 6.07) is 1.29. The third-order valence-corrected chi connectivity index (χ3v) is 4.60. The lowest BCUT2D eigenvalue weighted by Crippen LogP contribution is -2.62. The zero-order chi connectivity index (χ0) is 13.4. The van der Waals surface area contributed by atoms with Gasteiger partial charge >= 0.3 is 0 Å². The number of rotatable bonds is 3. The molecule has 0 spiro atoms. The Labute approximate surface area is 112 Å². The molecule has 0 aromatic rings. The monoisotopic (exact) mass is 253 g/mol. The Balaban J connectivity index is 1.96. The number of piperidine rings is 1. The number of hydrogen-bond acceptors (Lipinski definition) is 3. The summed E-state index contributed by atoms with van der Waals surface area (Å²) in [5.41, 5.74) is 6.35. The zero-order valence-electron chi connectivity index (χ0n) is 12.6. The third kappa shape index (κ3) is 3.46. The summed E-state index contributed by atoms with van der Waals surface area (Å²) in [4.78, 5) is 0. The Hall–Kier alpha value is -0.120. The van der Waals surface area contributed by atoms with Gasteiger partial charge in [0.2, 0.25) is 0 Å². The Bertz CT molecular complexity index is 269. The summed E-state index contributed by atoms with van der Waals surface area (Å²) < 4.78 is 0. The van der Waals surface area contributed by atoms with Crippen molar-refractivity contribution in [1.29, 1.82) is 0 Å². The van der Waals surface area contributed by atoms with E-state index in [-0.39, 0.29) is 11.1 Å². The first-order valence-corrected chi connectivity index (χ1v) is 7.57. The molecular weight excluding hydrogens is 222 g/mol. The standard InChI is InChI=1S/C15H31N3/c1-14(2)8-12(9-15(3,4)18-14)17-13-7-5-6-11(13)10-16/h11-13,17-18H,5-10,16H2,1-4H3. The van der Waals surface area contributed by atoms with Gasteiger partial charge in [0, 0.05) is 23.2 Å². The summed E-state index contributed by atoms with van der Waals surface area (Å²) in [6.07, 6.45) is 6.39. The second-order valence-corrected chi connectivity index (χ2v) is 7.70. The largest absolute Gasteiger partial charge is 0.330 e. The minimum atomic E-state index is 0.232. The fraction of sp³-hybridized carbons (Fsp3) is 1.00. The van der Waals surface area contributed by atoms with Gasteiger partial charge in [-0.25, -0.2) is 0 Å². The molecule has 3 heteroatoms. The van der Waals surface area contributed by atoms with Crippen LogP contribution in [0.3, 0.4) is 0 Å². The lowest BCUT2D eigenvalue weighted by molar-refractivity contribution is 0.135. The van der Waals surface area contributed by atoms with Crippen molar-refractivity contribution in [2.75, 3.05) is 6.54 Å². The molecule has 0 aromatic heterocycles. The average molecular weight is 253 g/mol. The molecule has 1 aliphatic carbocycles. The molecule has 0 radical (unpaired) electrons. The van der Waals surface area contributed by atoms with E-state index in [1.54, 1.807) is 0 Å². The highest BCUT2D eigenvalue weighted by Gasteiger charge is 2.39. The molecular formula is C15H31N3. The van der Waals surface area contributed by atoms with Gasteiger partial charge in [0.25, 0.3) is 0 Å². The number of nitrogens with one attached hydrogen (secondary N) is 2. The topological polar surface area (TPSA) is 50.1 Å². The van der Waals surface area contributed by atoms with Crippen LogP contribution in [-0.2, 0) is 0 Å². The highest BCUT2D eigenvalue weighted by molar-refractivity contribution is 5.01. The van der Waals surface area contributed by atoms with Crippen molar-refractivity contribution >= 4 is 0 Å². The minimum absolute atomic E-state index is 0.232. The van der Waals surface area contributed by atoms with Crippen LogP contribution in [0.1, 0.15) is 59.8 Å². The predicted octanol–water partition coefficient (Wildman–Crippen LogP) is 2.01. The van der Waals surface area contributed by atoms with E-state index in [0.717, 1.165) is 6.54 Å². The third-order valence-electron chi connectivity index (χ3n) is 4.60. The van der Waals surface area contributed by atoms with E-state index in [2.05, 4.69) is 38.3 Å². The van der Waals surface area contributed by atoms with E-state index < -0.39 is 0 Å². The molecule has 1 saturated carbocycles. The van der Waals surface area contributed by atoms with E-state index >= 15 is 0 Å². The molecule has 106 valence electrons. The van der Waals surface area contributed by atoms with Crippen LogP contribution in [0.2, 0.25) is 0 Å². The van der Waals surface area contributed by atoms with Crippen LogP contribution in [0.25, 0.3) is 0 Å². The van der Waals surface area contributed by atoms with Gasteiger partial charge in [0.05, 0.1) is 0 Å². The predicted molar refractivity (Wildman–Crippen MR) is 77.6 cm³/mol. The molecule has 2 fully saturated rings. The highest BCUT2D eigenvalue weighted by atomic mass is 15.1. The van der Waals surface area contributed by atoms with Gasteiger partial charge in [-0.05, 0) is 65.8 Å². The van der Waals surface area contributed by atoms with Gasteiger partial charge in [0.15, 0.2) is 0 Å². The second kappa shape index (κ2) is 5.10. The summed E-state index contributed by atoms with van der Waals surface area (Å²) >= 11 is 0. The summed E-state index contributed by atoms with van der Waals surface area (Å²) in [5, 5.41) is 7.66. The molecule has 3 nitrogen and oxygen atoms in total. The molecule has 1 heterocycles. The molecule has 2 rings (SSSR count). The molecule has 0 aromatic carbocycles. The van der Waals surface area contributed by atoms with Gasteiger partial charge < -0.3 is 16.4 Å². The van der Waals surface area contributed by atoms with Crippen molar-refractivity contribution in [2.24, 2.45) is 11.7 Å². The lowest BCUT2D eigenvalue weighted by atomic mass is 9.79. The van der Waals surface area contributed by atoms with Crippen LogP contribution in [0.5, 0.6) is 0 Å². The fourth-order valence-corrected chi connectivity index (χ4v) is 4.28. The van der Waals surface area contributed by atoms with Crippen molar-refractivity contribution in [3.8, 4) is 0 Å². The Morgan fingerprint density at radius 2 is 1.72 bits per heavy atom. The smallest absolute Gasteiger partial charge is 0.0144 e. The molecule has 18 heavy (non-hydrogen) atoms. The van der Waals surface area contributed by atoms with E-state index in [1.807, 2.05) is 0 Å². The maximum absolute atomic E-state index is 5.88. The Kier molecular flexibility index (Phi) is 4.05. The maximum Gasteiger partial charge on any atom is 0.0144 e. The Morgan fingerprint density at radius 3 is 2.28 bits per heavy atom. The first-order valence-electron chi connectivity index (χ1n) is 7.57. The molecule has 0 amide bonds. The molecule has 2 aliphatic rings. The molecule has 1 aliphatic heterocycles. The molecule has 4 N–H and O–H groups in total. The summed E-state index contributed by atoms with van der Waals surface area (Å²) in [7, 11) is 0. The van der Waals surface area contributed by atoms with Crippen LogP contribution in [0, 0.1) is 5.92 Å². The van der Waals surface area contributed by atoms with Gasteiger partial charge in [-0.3, -0.25) is 0 Å². The number of hydrogen-bond donors (Lipinski definition) is 3. The summed E-state index contributed by atoms with van der Waals surface area (Å²) in [5.74, 6) is 0.700. The van der Waals surface area contributed by atoms with E-state index in [0.29, 0.717) is 18.0 Å². The molecule has 1 saturated heterocycles. The first-order chi connectivity index (χ1) is 8.31. The van der Waals surface area contributed by atoms with Crippen LogP contribution in [0.4, 0.5) is 0 Å². The first kappa shape index (κ1) is 14.3. The molecule has 2 unspecified atom stereocenters. The molecule has 0 bridgehead atoms. The van der Waals surface area contributed by atoms with Crippen LogP contribution in [-0.4, -0.2) is 29.7 Å².